The van der Waals surface area contributed by atoms with Crippen molar-refractivity contribution >= 4 is 29.2 Å². The lowest BCUT2D eigenvalue weighted by Gasteiger charge is -2.29. The third-order valence-electron chi connectivity index (χ3n) is 3.67. The van der Waals surface area contributed by atoms with Gasteiger partial charge in [0.2, 0.25) is 0 Å². The van der Waals surface area contributed by atoms with E-state index in [1.165, 1.54) is 11.0 Å². The number of nitrogens with zero attached hydrogens (tertiary/aromatic N) is 2. The van der Waals surface area contributed by atoms with Gasteiger partial charge in [0.1, 0.15) is 11.9 Å². The molecule has 2 fully saturated rings. The Morgan fingerprint density at radius 3 is 2.76 bits per heavy atom. The second kappa shape index (κ2) is 6.11. The molecular formula is C14H17FN2O3S. The molecule has 0 saturated carbocycles. The molecule has 2 aliphatic heterocycles. The average Bonchev–Trinajstić information content (AvgIpc) is 2.89. The van der Waals surface area contributed by atoms with Gasteiger partial charge in [-0.15, -0.1) is 0 Å². The Hall–Kier alpha value is -1.47. The minimum Gasteiger partial charge on any atom is -0.441 e. The summed E-state index contributed by atoms with van der Waals surface area (Å²) in [6, 6.07) is 4.79. The molecule has 0 aliphatic carbocycles. The third-order valence-corrected chi connectivity index (χ3v) is 4.61. The molecule has 2 heterocycles. The van der Waals surface area contributed by atoms with Crippen molar-refractivity contribution in [3.63, 3.8) is 0 Å². The summed E-state index contributed by atoms with van der Waals surface area (Å²) in [5.41, 5.74) is 1.04. The summed E-state index contributed by atoms with van der Waals surface area (Å²) < 4.78 is 19.3. The van der Waals surface area contributed by atoms with Crippen molar-refractivity contribution in [3.05, 3.63) is 24.0 Å². The zero-order valence-electron chi connectivity index (χ0n) is 11.5. The lowest BCUT2D eigenvalue weighted by molar-refractivity contribution is 0.0963. The number of carbonyl (C=O) groups is 1. The summed E-state index contributed by atoms with van der Waals surface area (Å²) in [5, 5.41) is 9.03. The Morgan fingerprint density at radius 2 is 2.14 bits per heavy atom. The molecule has 0 radical (unpaired) electrons. The smallest absolute Gasteiger partial charge is 0.414 e. The lowest BCUT2D eigenvalue weighted by atomic mass is 10.2. The molecular weight excluding hydrogens is 295 g/mol. The van der Waals surface area contributed by atoms with Crippen LogP contribution in [0.3, 0.4) is 0 Å². The maximum absolute atomic E-state index is 14.3. The van der Waals surface area contributed by atoms with E-state index >= 15 is 0 Å². The highest BCUT2D eigenvalue weighted by molar-refractivity contribution is 7.99. The first-order chi connectivity index (χ1) is 10.2. The number of amides is 1. The second-order valence-corrected chi connectivity index (χ2v) is 6.26. The maximum atomic E-state index is 14.3. The fourth-order valence-corrected chi connectivity index (χ4v) is 3.45. The van der Waals surface area contributed by atoms with Crippen LogP contribution in [0.2, 0.25) is 0 Å². The highest BCUT2D eigenvalue weighted by Crippen LogP contribution is 2.29. The summed E-state index contributed by atoms with van der Waals surface area (Å²) in [6.07, 6.45) is -1.09. The highest BCUT2D eigenvalue weighted by Gasteiger charge is 2.32. The molecule has 1 aromatic carbocycles. The standard InChI is InChI=1S/C14H17FN2O3S/c15-12-7-10(17-8-11(9-18)20-14(17)19)1-2-13(12)16-3-5-21-6-4-16/h1-2,7,11,18H,3-6,8-9H2/t11-/m0/s1. The minimum absolute atomic E-state index is 0.228. The number of benzene rings is 1. The number of aliphatic hydroxyl groups is 1. The first-order valence-electron chi connectivity index (χ1n) is 6.90. The topological polar surface area (TPSA) is 53.0 Å². The average molecular weight is 312 g/mol. The number of hydrogen-bond donors (Lipinski definition) is 1. The Morgan fingerprint density at radius 1 is 1.38 bits per heavy atom. The van der Waals surface area contributed by atoms with Crippen LogP contribution in [-0.2, 0) is 4.74 Å². The monoisotopic (exact) mass is 312 g/mol. The van der Waals surface area contributed by atoms with Crippen molar-refractivity contribution in [2.24, 2.45) is 0 Å². The fraction of sp³-hybridized carbons (Fsp3) is 0.500. The van der Waals surface area contributed by atoms with Gasteiger partial charge in [-0.2, -0.15) is 11.8 Å². The summed E-state index contributed by atoms with van der Waals surface area (Å²) in [6.45, 7) is 1.68. The quantitative estimate of drug-likeness (QED) is 0.920. The van der Waals surface area contributed by atoms with Crippen LogP contribution < -0.4 is 9.80 Å². The Balaban J connectivity index is 1.79. The maximum Gasteiger partial charge on any atom is 0.414 e. The molecule has 3 rings (SSSR count). The van der Waals surface area contributed by atoms with E-state index in [0.29, 0.717) is 11.4 Å². The molecule has 1 atom stereocenters. The molecule has 1 aromatic rings. The largest absolute Gasteiger partial charge is 0.441 e. The van der Waals surface area contributed by atoms with Crippen LogP contribution >= 0.6 is 11.8 Å². The van der Waals surface area contributed by atoms with Gasteiger partial charge in [0, 0.05) is 24.6 Å². The number of aliphatic hydroxyl groups excluding tert-OH is 1. The Labute approximate surface area is 126 Å². The van der Waals surface area contributed by atoms with E-state index in [1.54, 1.807) is 12.1 Å². The molecule has 0 bridgehead atoms. The third kappa shape index (κ3) is 2.94. The molecule has 2 aliphatic rings. The van der Waals surface area contributed by atoms with Crippen molar-refractivity contribution in [2.45, 2.75) is 6.10 Å². The van der Waals surface area contributed by atoms with E-state index in [4.69, 9.17) is 9.84 Å². The molecule has 1 N–H and O–H groups in total. The van der Waals surface area contributed by atoms with Gasteiger partial charge in [0.25, 0.3) is 0 Å². The van der Waals surface area contributed by atoms with Gasteiger partial charge >= 0.3 is 6.09 Å². The van der Waals surface area contributed by atoms with Gasteiger partial charge in [0.15, 0.2) is 0 Å². The number of anilines is 2. The van der Waals surface area contributed by atoms with Crippen LogP contribution in [0.25, 0.3) is 0 Å². The molecule has 114 valence electrons. The highest BCUT2D eigenvalue weighted by atomic mass is 32.2. The van der Waals surface area contributed by atoms with Crippen LogP contribution in [-0.4, -0.2) is 55.1 Å². The number of carbonyl (C=O) groups excluding carboxylic acids is 1. The SMILES string of the molecule is O=C1O[C@H](CO)CN1c1ccc(N2CCSCC2)c(F)c1. The van der Waals surface area contributed by atoms with Crippen molar-refractivity contribution in [3.8, 4) is 0 Å². The summed E-state index contributed by atoms with van der Waals surface area (Å²) >= 11 is 1.87. The van der Waals surface area contributed by atoms with Crippen LogP contribution in [0.1, 0.15) is 0 Å². The van der Waals surface area contributed by atoms with E-state index in [-0.39, 0.29) is 19.0 Å². The van der Waals surface area contributed by atoms with Crippen LogP contribution in [0.4, 0.5) is 20.6 Å². The second-order valence-electron chi connectivity index (χ2n) is 5.03. The number of ether oxygens (including phenoxy) is 1. The van der Waals surface area contributed by atoms with E-state index in [2.05, 4.69) is 0 Å². The minimum atomic E-state index is -0.546. The number of rotatable bonds is 3. The molecule has 21 heavy (non-hydrogen) atoms. The molecule has 5 nitrogen and oxygen atoms in total. The van der Waals surface area contributed by atoms with Crippen molar-refractivity contribution in [1.82, 2.24) is 0 Å². The van der Waals surface area contributed by atoms with Crippen molar-refractivity contribution in [1.29, 1.82) is 0 Å². The molecule has 2 saturated heterocycles. The van der Waals surface area contributed by atoms with Crippen LogP contribution in [0.15, 0.2) is 18.2 Å². The van der Waals surface area contributed by atoms with E-state index in [9.17, 15) is 9.18 Å². The Bertz CT molecular complexity index is 537. The number of halogens is 1. The molecule has 0 aromatic heterocycles. The van der Waals surface area contributed by atoms with Gasteiger partial charge in [0.05, 0.1) is 24.5 Å². The predicted molar refractivity (Wildman–Crippen MR) is 80.6 cm³/mol. The number of hydrogen-bond acceptors (Lipinski definition) is 5. The van der Waals surface area contributed by atoms with Gasteiger partial charge in [-0.25, -0.2) is 9.18 Å². The van der Waals surface area contributed by atoms with Gasteiger partial charge < -0.3 is 14.7 Å². The zero-order chi connectivity index (χ0) is 14.8. The van der Waals surface area contributed by atoms with E-state index in [1.807, 2.05) is 16.7 Å². The van der Waals surface area contributed by atoms with E-state index in [0.717, 1.165) is 24.6 Å². The fourth-order valence-electron chi connectivity index (χ4n) is 2.55. The van der Waals surface area contributed by atoms with Crippen LogP contribution in [0.5, 0.6) is 0 Å². The zero-order valence-corrected chi connectivity index (χ0v) is 12.3. The van der Waals surface area contributed by atoms with Gasteiger partial charge in [-0.3, -0.25) is 4.90 Å². The molecule has 1 amide bonds. The summed E-state index contributed by atoms with van der Waals surface area (Å²) in [5.74, 6) is 1.66. The predicted octanol–water partition coefficient (Wildman–Crippen LogP) is 1.70. The molecule has 0 unspecified atom stereocenters. The first kappa shape index (κ1) is 14.5. The molecule has 0 spiro atoms. The van der Waals surface area contributed by atoms with E-state index < -0.39 is 12.2 Å². The Kier molecular flexibility index (Phi) is 4.21. The summed E-state index contributed by atoms with van der Waals surface area (Å²) in [4.78, 5) is 15.1. The number of thioether (sulfide) groups is 1. The summed E-state index contributed by atoms with van der Waals surface area (Å²) in [7, 11) is 0. The van der Waals surface area contributed by atoms with Crippen LogP contribution in [0, 0.1) is 5.82 Å². The number of cyclic esters (lactones) is 1. The van der Waals surface area contributed by atoms with Gasteiger partial charge in [-0.1, -0.05) is 0 Å². The van der Waals surface area contributed by atoms with Crippen molar-refractivity contribution in [2.75, 3.05) is 47.5 Å². The van der Waals surface area contributed by atoms with Crippen molar-refractivity contribution < 1.29 is 19.0 Å². The molecule has 7 heteroatoms. The lowest BCUT2D eigenvalue weighted by Crippen LogP contribution is -2.33. The first-order valence-corrected chi connectivity index (χ1v) is 8.06. The normalized spacial score (nSPS) is 22.6. The van der Waals surface area contributed by atoms with Gasteiger partial charge in [-0.05, 0) is 18.2 Å².